The smallest absolute Gasteiger partial charge is 0.224 e. The first kappa shape index (κ1) is 14.9. The number of benzene rings is 1. The first-order chi connectivity index (χ1) is 9.69. The molecule has 1 amide bonds. The first-order valence-corrected chi connectivity index (χ1v) is 7.37. The number of nitrogens with one attached hydrogen (secondary N) is 1. The molecular formula is C16H24N2O2. The molecule has 1 saturated heterocycles. The Morgan fingerprint density at radius 3 is 2.80 bits per heavy atom. The van der Waals surface area contributed by atoms with Crippen LogP contribution in [0.5, 0.6) is 5.75 Å². The second-order valence-electron chi connectivity index (χ2n) is 5.40. The lowest BCUT2D eigenvalue weighted by Crippen LogP contribution is -2.41. The van der Waals surface area contributed by atoms with Gasteiger partial charge in [0.1, 0.15) is 5.75 Å². The second kappa shape index (κ2) is 7.29. The molecule has 20 heavy (non-hydrogen) atoms. The van der Waals surface area contributed by atoms with Crippen LogP contribution >= 0.6 is 0 Å². The number of ether oxygens (including phenoxy) is 1. The summed E-state index contributed by atoms with van der Waals surface area (Å²) >= 11 is 0. The Morgan fingerprint density at radius 1 is 1.40 bits per heavy atom. The van der Waals surface area contributed by atoms with E-state index in [1.165, 1.54) is 0 Å². The summed E-state index contributed by atoms with van der Waals surface area (Å²) in [7, 11) is 2.08. The molecule has 4 nitrogen and oxygen atoms in total. The summed E-state index contributed by atoms with van der Waals surface area (Å²) in [5.74, 6) is 1.18. The third-order valence-electron chi connectivity index (χ3n) is 3.70. The van der Waals surface area contributed by atoms with E-state index in [-0.39, 0.29) is 11.8 Å². The average molecular weight is 276 g/mol. The number of carbonyl (C=O) groups excluding carboxylic acids is 1. The molecule has 1 heterocycles. The molecular weight excluding hydrogens is 252 g/mol. The number of likely N-dealkylation sites (tertiary alicyclic amines) is 1. The summed E-state index contributed by atoms with van der Waals surface area (Å²) in [6, 6.07) is 7.88. The minimum Gasteiger partial charge on any atom is -0.494 e. The molecule has 0 spiro atoms. The van der Waals surface area contributed by atoms with Crippen molar-refractivity contribution < 1.29 is 9.53 Å². The zero-order valence-corrected chi connectivity index (χ0v) is 12.4. The highest BCUT2D eigenvalue weighted by molar-refractivity contribution is 5.78. The van der Waals surface area contributed by atoms with Crippen molar-refractivity contribution in [3.05, 3.63) is 29.8 Å². The fourth-order valence-electron chi connectivity index (χ4n) is 2.58. The van der Waals surface area contributed by atoms with Crippen LogP contribution in [0.3, 0.4) is 0 Å². The number of amides is 1. The van der Waals surface area contributed by atoms with E-state index in [1.54, 1.807) is 0 Å². The minimum absolute atomic E-state index is 0.136. The second-order valence-corrected chi connectivity index (χ2v) is 5.40. The molecule has 0 radical (unpaired) electrons. The van der Waals surface area contributed by atoms with Gasteiger partial charge in [0.25, 0.3) is 0 Å². The van der Waals surface area contributed by atoms with Crippen LogP contribution < -0.4 is 10.1 Å². The molecule has 1 aliphatic heterocycles. The van der Waals surface area contributed by atoms with E-state index in [0.29, 0.717) is 13.2 Å². The van der Waals surface area contributed by atoms with Gasteiger partial charge < -0.3 is 15.0 Å². The van der Waals surface area contributed by atoms with E-state index < -0.39 is 0 Å². The Balaban J connectivity index is 1.80. The Labute approximate surface area is 121 Å². The normalized spacial score (nSPS) is 19.6. The van der Waals surface area contributed by atoms with Crippen LogP contribution in [0.4, 0.5) is 0 Å². The van der Waals surface area contributed by atoms with Gasteiger partial charge in [0.05, 0.1) is 12.5 Å². The molecule has 0 aromatic heterocycles. The highest BCUT2D eigenvalue weighted by atomic mass is 16.5. The zero-order chi connectivity index (χ0) is 14.4. The summed E-state index contributed by atoms with van der Waals surface area (Å²) in [4.78, 5) is 14.4. The summed E-state index contributed by atoms with van der Waals surface area (Å²) in [6.07, 6.45) is 2.11. The van der Waals surface area contributed by atoms with Crippen molar-refractivity contribution in [1.82, 2.24) is 10.2 Å². The monoisotopic (exact) mass is 276 g/mol. The maximum Gasteiger partial charge on any atom is 0.224 e. The summed E-state index contributed by atoms with van der Waals surface area (Å²) in [5, 5.41) is 3.03. The molecule has 0 bridgehead atoms. The Morgan fingerprint density at radius 2 is 2.15 bits per heavy atom. The summed E-state index contributed by atoms with van der Waals surface area (Å²) < 4.78 is 5.40. The zero-order valence-electron chi connectivity index (χ0n) is 12.4. The van der Waals surface area contributed by atoms with Gasteiger partial charge in [-0.3, -0.25) is 4.79 Å². The quantitative estimate of drug-likeness (QED) is 0.895. The van der Waals surface area contributed by atoms with Crippen molar-refractivity contribution in [3.63, 3.8) is 0 Å². The minimum atomic E-state index is 0.136. The van der Waals surface area contributed by atoms with E-state index in [4.69, 9.17) is 4.74 Å². The molecule has 4 heteroatoms. The van der Waals surface area contributed by atoms with Crippen LogP contribution in [-0.4, -0.2) is 37.6 Å². The van der Waals surface area contributed by atoms with Gasteiger partial charge in [0.2, 0.25) is 5.91 Å². The van der Waals surface area contributed by atoms with Gasteiger partial charge in [-0.2, -0.15) is 0 Å². The maximum atomic E-state index is 12.1. The lowest BCUT2D eigenvalue weighted by atomic mass is 9.97. The molecule has 0 saturated carbocycles. The number of carbonyl (C=O) groups is 1. The highest BCUT2D eigenvalue weighted by Crippen LogP contribution is 2.16. The van der Waals surface area contributed by atoms with Crippen LogP contribution in [0.25, 0.3) is 0 Å². The molecule has 1 aromatic rings. The number of hydrogen-bond donors (Lipinski definition) is 1. The fraction of sp³-hybridized carbons (Fsp3) is 0.562. The standard InChI is InChI=1S/C16H24N2O2/c1-3-20-15-8-6-13(7-9-15)11-17-16(19)14-5-4-10-18(2)12-14/h6-9,14H,3-5,10-12H2,1-2H3,(H,17,19). The topological polar surface area (TPSA) is 41.6 Å². The van der Waals surface area contributed by atoms with Crippen LogP contribution in [-0.2, 0) is 11.3 Å². The summed E-state index contributed by atoms with van der Waals surface area (Å²) in [5.41, 5.74) is 1.10. The van der Waals surface area contributed by atoms with Crippen LogP contribution in [0, 0.1) is 5.92 Å². The lowest BCUT2D eigenvalue weighted by Gasteiger charge is -2.28. The molecule has 1 aliphatic rings. The molecule has 2 rings (SSSR count). The van der Waals surface area contributed by atoms with E-state index in [9.17, 15) is 4.79 Å². The van der Waals surface area contributed by atoms with Gasteiger partial charge in [-0.05, 0) is 51.1 Å². The van der Waals surface area contributed by atoms with Crippen LogP contribution in [0.2, 0.25) is 0 Å². The van der Waals surface area contributed by atoms with Crippen molar-refractivity contribution in [2.45, 2.75) is 26.3 Å². The predicted octanol–water partition coefficient (Wildman–Crippen LogP) is 2.04. The van der Waals surface area contributed by atoms with Gasteiger partial charge in [0.15, 0.2) is 0 Å². The lowest BCUT2D eigenvalue weighted by molar-refractivity contribution is -0.126. The van der Waals surface area contributed by atoms with Gasteiger partial charge in [-0.15, -0.1) is 0 Å². The number of hydrogen-bond acceptors (Lipinski definition) is 3. The average Bonchev–Trinajstić information content (AvgIpc) is 2.46. The van der Waals surface area contributed by atoms with Crippen molar-refractivity contribution in [3.8, 4) is 5.75 Å². The Bertz CT molecular complexity index is 431. The molecule has 1 fully saturated rings. The molecule has 1 aromatic carbocycles. The third kappa shape index (κ3) is 4.23. The molecule has 0 aliphatic carbocycles. The molecule has 1 atom stereocenters. The molecule has 1 N–H and O–H groups in total. The first-order valence-electron chi connectivity index (χ1n) is 7.37. The van der Waals surface area contributed by atoms with Crippen molar-refractivity contribution >= 4 is 5.91 Å². The van der Waals surface area contributed by atoms with Crippen molar-refractivity contribution in [2.24, 2.45) is 5.92 Å². The molecule has 1 unspecified atom stereocenters. The van der Waals surface area contributed by atoms with E-state index in [2.05, 4.69) is 17.3 Å². The number of nitrogens with zero attached hydrogens (tertiary/aromatic N) is 1. The SMILES string of the molecule is CCOc1ccc(CNC(=O)C2CCCN(C)C2)cc1. The predicted molar refractivity (Wildman–Crippen MR) is 79.7 cm³/mol. The van der Waals surface area contributed by atoms with Gasteiger partial charge >= 0.3 is 0 Å². The van der Waals surface area contributed by atoms with Crippen molar-refractivity contribution in [2.75, 3.05) is 26.7 Å². The maximum absolute atomic E-state index is 12.1. The van der Waals surface area contributed by atoms with E-state index >= 15 is 0 Å². The molecule has 110 valence electrons. The van der Waals surface area contributed by atoms with Crippen LogP contribution in [0.15, 0.2) is 24.3 Å². The van der Waals surface area contributed by atoms with Gasteiger partial charge in [-0.1, -0.05) is 12.1 Å². The largest absolute Gasteiger partial charge is 0.494 e. The number of piperidine rings is 1. The summed E-state index contributed by atoms with van der Waals surface area (Å²) in [6.45, 7) is 5.20. The third-order valence-corrected chi connectivity index (χ3v) is 3.70. The Kier molecular flexibility index (Phi) is 5.41. The van der Waals surface area contributed by atoms with Gasteiger partial charge in [0, 0.05) is 13.1 Å². The van der Waals surface area contributed by atoms with E-state index in [0.717, 1.165) is 37.2 Å². The number of rotatable bonds is 5. The fourth-order valence-corrected chi connectivity index (χ4v) is 2.58. The van der Waals surface area contributed by atoms with E-state index in [1.807, 2.05) is 31.2 Å². The Hall–Kier alpha value is -1.55. The van der Waals surface area contributed by atoms with Crippen LogP contribution in [0.1, 0.15) is 25.3 Å². The van der Waals surface area contributed by atoms with Crippen molar-refractivity contribution in [1.29, 1.82) is 0 Å². The highest BCUT2D eigenvalue weighted by Gasteiger charge is 2.23. The van der Waals surface area contributed by atoms with Gasteiger partial charge in [-0.25, -0.2) is 0 Å².